The standard InChI is InChI=1S/C24H26N2O5/c1-15(12-21(27)26-24(10-11-24)13-22(28)29)25-23(30)31-14-20-18-8-4-2-6-16(18)17-7-3-5-9-19(17)20/h2-9,15,20H,10-14H2,1H3,(H,25,30)(H,26,27)(H,28,29)/t15-/m1/s1. The third-order valence-electron chi connectivity index (χ3n) is 5.95. The summed E-state index contributed by atoms with van der Waals surface area (Å²) in [6, 6.07) is 15.8. The first kappa shape index (κ1) is 20.9. The number of benzene rings is 2. The molecule has 7 heteroatoms. The molecule has 0 heterocycles. The van der Waals surface area contributed by atoms with Crippen LogP contribution in [0.5, 0.6) is 0 Å². The van der Waals surface area contributed by atoms with E-state index in [0.717, 1.165) is 22.3 Å². The van der Waals surface area contributed by atoms with Crippen molar-refractivity contribution in [2.45, 2.75) is 50.1 Å². The van der Waals surface area contributed by atoms with E-state index in [0.29, 0.717) is 12.8 Å². The summed E-state index contributed by atoms with van der Waals surface area (Å²) in [6.07, 6.45) is 0.741. The van der Waals surface area contributed by atoms with Gasteiger partial charge in [0.25, 0.3) is 0 Å². The molecule has 0 bridgehead atoms. The van der Waals surface area contributed by atoms with Crippen LogP contribution in [0.1, 0.15) is 49.7 Å². The monoisotopic (exact) mass is 422 g/mol. The molecule has 2 aromatic rings. The Morgan fingerprint density at radius 2 is 1.65 bits per heavy atom. The van der Waals surface area contributed by atoms with Crippen LogP contribution in [0.15, 0.2) is 48.5 Å². The summed E-state index contributed by atoms with van der Waals surface area (Å²) in [6.45, 7) is 1.93. The Hall–Kier alpha value is -3.35. The lowest BCUT2D eigenvalue weighted by Crippen LogP contribution is -2.43. The molecule has 2 amide bonds. The van der Waals surface area contributed by atoms with E-state index in [-0.39, 0.29) is 31.3 Å². The van der Waals surface area contributed by atoms with Gasteiger partial charge in [0.2, 0.25) is 5.91 Å². The molecule has 0 radical (unpaired) electrons. The maximum absolute atomic E-state index is 12.3. The van der Waals surface area contributed by atoms with Gasteiger partial charge in [-0.15, -0.1) is 0 Å². The Kier molecular flexibility index (Phi) is 5.67. The van der Waals surface area contributed by atoms with Gasteiger partial charge in [-0.25, -0.2) is 4.79 Å². The summed E-state index contributed by atoms with van der Waals surface area (Å²) in [5, 5.41) is 14.4. The highest BCUT2D eigenvalue weighted by molar-refractivity contribution is 5.81. The van der Waals surface area contributed by atoms with Gasteiger partial charge in [0.05, 0.1) is 12.0 Å². The highest BCUT2D eigenvalue weighted by Crippen LogP contribution is 2.44. The number of carbonyl (C=O) groups is 3. The second kappa shape index (κ2) is 8.41. The molecule has 2 aliphatic carbocycles. The fourth-order valence-electron chi connectivity index (χ4n) is 4.30. The van der Waals surface area contributed by atoms with Crippen molar-refractivity contribution >= 4 is 18.0 Å². The maximum Gasteiger partial charge on any atom is 0.407 e. The quantitative estimate of drug-likeness (QED) is 0.605. The number of hydrogen-bond acceptors (Lipinski definition) is 4. The van der Waals surface area contributed by atoms with Crippen LogP contribution < -0.4 is 10.6 Å². The number of ether oxygens (including phenoxy) is 1. The van der Waals surface area contributed by atoms with Gasteiger partial charge < -0.3 is 20.5 Å². The molecule has 7 nitrogen and oxygen atoms in total. The van der Waals surface area contributed by atoms with Crippen molar-refractivity contribution in [1.29, 1.82) is 0 Å². The molecule has 31 heavy (non-hydrogen) atoms. The van der Waals surface area contributed by atoms with E-state index in [1.807, 2.05) is 24.3 Å². The highest BCUT2D eigenvalue weighted by atomic mass is 16.5. The minimum absolute atomic E-state index is 0.0255. The Labute approximate surface area is 180 Å². The lowest BCUT2D eigenvalue weighted by molar-refractivity contribution is -0.138. The topological polar surface area (TPSA) is 105 Å². The van der Waals surface area contributed by atoms with Gasteiger partial charge >= 0.3 is 12.1 Å². The minimum Gasteiger partial charge on any atom is -0.481 e. The van der Waals surface area contributed by atoms with Crippen molar-refractivity contribution in [3.63, 3.8) is 0 Å². The van der Waals surface area contributed by atoms with Crippen molar-refractivity contribution in [3.05, 3.63) is 59.7 Å². The molecule has 1 atom stereocenters. The molecular formula is C24H26N2O5. The molecule has 4 rings (SSSR count). The SMILES string of the molecule is C[C@H](CC(=O)NC1(CC(=O)O)CC1)NC(=O)OCC1c2ccccc2-c2ccccc21. The van der Waals surface area contributed by atoms with Gasteiger partial charge in [0, 0.05) is 18.4 Å². The summed E-state index contributed by atoms with van der Waals surface area (Å²) in [4.78, 5) is 35.4. The van der Waals surface area contributed by atoms with Gasteiger partial charge in [0.15, 0.2) is 0 Å². The molecule has 3 N–H and O–H groups in total. The van der Waals surface area contributed by atoms with Crippen molar-refractivity contribution in [3.8, 4) is 11.1 Å². The molecule has 0 aliphatic heterocycles. The van der Waals surface area contributed by atoms with Gasteiger partial charge in [0.1, 0.15) is 6.61 Å². The van der Waals surface area contributed by atoms with E-state index < -0.39 is 23.6 Å². The molecule has 2 aliphatic rings. The first-order chi connectivity index (χ1) is 14.9. The van der Waals surface area contributed by atoms with Crippen molar-refractivity contribution in [1.82, 2.24) is 10.6 Å². The molecule has 162 valence electrons. The van der Waals surface area contributed by atoms with Crippen molar-refractivity contribution < 1.29 is 24.2 Å². The lowest BCUT2D eigenvalue weighted by Gasteiger charge is -2.19. The van der Waals surface area contributed by atoms with E-state index in [9.17, 15) is 14.4 Å². The number of rotatable bonds is 8. The molecule has 1 saturated carbocycles. The molecule has 0 saturated heterocycles. The van der Waals surface area contributed by atoms with E-state index in [1.165, 1.54) is 0 Å². The van der Waals surface area contributed by atoms with Crippen LogP contribution in [-0.2, 0) is 14.3 Å². The predicted octanol–water partition coefficient (Wildman–Crippen LogP) is 3.43. The van der Waals surface area contributed by atoms with E-state index in [1.54, 1.807) is 6.92 Å². The second-order valence-corrected chi connectivity index (χ2v) is 8.47. The lowest BCUT2D eigenvalue weighted by atomic mass is 9.98. The highest BCUT2D eigenvalue weighted by Gasteiger charge is 2.45. The van der Waals surface area contributed by atoms with Crippen molar-refractivity contribution in [2.24, 2.45) is 0 Å². The van der Waals surface area contributed by atoms with Crippen LogP contribution in [0.25, 0.3) is 11.1 Å². The normalized spacial score (nSPS) is 16.5. The number of alkyl carbamates (subject to hydrolysis) is 1. The zero-order valence-electron chi connectivity index (χ0n) is 17.4. The molecule has 0 aromatic heterocycles. The summed E-state index contributed by atoms with van der Waals surface area (Å²) in [7, 11) is 0. The van der Waals surface area contributed by atoms with Crippen LogP contribution in [0.2, 0.25) is 0 Å². The Bertz CT molecular complexity index is 969. The third-order valence-corrected chi connectivity index (χ3v) is 5.95. The molecule has 1 fully saturated rings. The second-order valence-electron chi connectivity index (χ2n) is 8.47. The first-order valence-electron chi connectivity index (χ1n) is 10.5. The summed E-state index contributed by atoms with van der Waals surface area (Å²) < 4.78 is 5.50. The van der Waals surface area contributed by atoms with Crippen molar-refractivity contribution in [2.75, 3.05) is 6.61 Å². The molecule has 0 spiro atoms. The van der Waals surface area contributed by atoms with Crippen LogP contribution in [0, 0.1) is 0 Å². The average Bonchev–Trinajstić information content (AvgIpc) is 3.37. The number of carbonyl (C=O) groups excluding carboxylic acids is 2. The Morgan fingerprint density at radius 3 is 2.19 bits per heavy atom. The molecule has 2 aromatic carbocycles. The van der Waals surface area contributed by atoms with Gasteiger partial charge in [-0.05, 0) is 42.0 Å². The van der Waals surface area contributed by atoms with E-state index in [2.05, 4.69) is 34.9 Å². The average molecular weight is 422 g/mol. The largest absolute Gasteiger partial charge is 0.481 e. The van der Waals surface area contributed by atoms with Gasteiger partial charge in [-0.1, -0.05) is 48.5 Å². The first-order valence-corrected chi connectivity index (χ1v) is 10.5. The van der Waals surface area contributed by atoms with Crippen LogP contribution >= 0.6 is 0 Å². The fourth-order valence-corrected chi connectivity index (χ4v) is 4.30. The van der Waals surface area contributed by atoms with Crippen LogP contribution in [-0.4, -0.2) is 41.3 Å². The number of fused-ring (bicyclic) bond motifs is 3. The number of carboxylic acids is 1. The number of aliphatic carboxylic acids is 1. The zero-order chi connectivity index (χ0) is 22.0. The van der Waals surface area contributed by atoms with E-state index >= 15 is 0 Å². The Morgan fingerprint density at radius 1 is 1.06 bits per heavy atom. The number of hydrogen-bond donors (Lipinski definition) is 3. The van der Waals surface area contributed by atoms with Gasteiger partial charge in [-0.2, -0.15) is 0 Å². The number of nitrogens with one attached hydrogen (secondary N) is 2. The number of amides is 2. The van der Waals surface area contributed by atoms with E-state index in [4.69, 9.17) is 9.84 Å². The number of carboxylic acid groups (broad SMARTS) is 1. The zero-order valence-corrected chi connectivity index (χ0v) is 17.4. The summed E-state index contributed by atoms with van der Waals surface area (Å²) in [5.74, 6) is -1.23. The third kappa shape index (κ3) is 4.71. The Balaban J connectivity index is 1.29. The molecular weight excluding hydrogens is 396 g/mol. The summed E-state index contributed by atoms with van der Waals surface area (Å²) >= 11 is 0. The minimum atomic E-state index is -0.928. The summed E-state index contributed by atoms with van der Waals surface area (Å²) in [5.41, 5.74) is 3.97. The fraction of sp³-hybridized carbons (Fsp3) is 0.375. The molecule has 0 unspecified atom stereocenters. The smallest absolute Gasteiger partial charge is 0.407 e. The van der Waals surface area contributed by atoms with Gasteiger partial charge in [-0.3, -0.25) is 9.59 Å². The maximum atomic E-state index is 12.3. The predicted molar refractivity (Wildman–Crippen MR) is 115 cm³/mol. The van der Waals surface area contributed by atoms with Crippen LogP contribution in [0.4, 0.5) is 4.79 Å². The van der Waals surface area contributed by atoms with Crippen LogP contribution in [0.3, 0.4) is 0 Å².